The highest BCUT2D eigenvalue weighted by molar-refractivity contribution is 7.89. The third-order valence-corrected chi connectivity index (χ3v) is 5.33. The molecule has 0 spiro atoms. The Balaban J connectivity index is 2.22. The van der Waals surface area contributed by atoms with Crippen molar-refractivity contribution in [1.82, 2.24) is 4.31 Å². The van der Waals surface area contributed by atoms with Crippen LogP contribution in [0.25, 0.3) is 0 Å². The Morgan fingerprint density at radius 3 is 2.23 bits per heavy atom. The molecule has 0 aliphatic rings. The van der Waals surface area contributed by atoms with Crippen molar-refractivity contribution in [1.29, 1.82) is 0 Å². The van der Waals surface area contributed by atoms with Crippen molar-refractivity contribution in [2.45, 2.75) is 24.8 Å². The minimum Gasteiger partial charge on any atom is -0.481 e. The van der Waals surface area contributed by atoms with Gasteiger partial charge >= 0.3 is 12.1 Å². The Morgan fingerprint density at radius 1 is 1.04 bits per heavy atom. The van der Waals surface area contributed by atoms with Gasteiger partial charge in [0.15, 0.2) is 0 Å². The maximum Gasteiger partial charge on any atom is 0.424 e. The van der Waals surface area contributed by atoms with Gasteiger partial charge in [0, 0.05) is 0 Å². The van der Waals surface area contributed by atoms with Gasteiger partial charge in [-0.15, -0.1) is 0 Å². The fourth-order valence-electron chi connectivity index (χ4n) is 2.14. The van der Waals surface area contributed by atoms with Crippen LogP contribution in [0.2, 0.25) is 0 Å². The van der Waals surface area contributed by atoms with Crippen molar-refractivity contribution < 1.29 is 27.9 Å². The fraction of sp³-hybridized carbons (Fsp3) is 0.222. The summed E-state index contributed by atoms with van der Waals surface area (Å²) in [6.45, 7) is 1.17. The van der Waals surface area contributed by atoms with Crippen LogP contribution in [0, 0.1) is 6.92 Å². The van der Waals surface area contributed by atoms with Crippen LogP contribution in [-0.2, 0) is 26.2 Å². The molecule has 138 valence electrons. The summed E-state index contributed by atoms with van der Waals surface area (Å²) < 4.78 is 31.0. The van der Waals surface area contributed by atoms with Crippen LogP contribution in [0.5, 0.6) is 0 Å². The summed E-state index contributed by atoms with van der Waals surface area (Å²) in [6.07, 6.45) is -1.64. The van der Waals surface area contributed by atoms with E-state index in [-0.39, 0.29) is 11.5 Å². The summed E-state index contributed by atoms with van der Waals surface area (Å²) in [5.41, 5.74) is 1.54. The smallest absolute Gasteiger partial charge is 0.424 e. The predicted octanol–water partition coefficient (Wildman–Crippen LogP) is 2.80. The van der Waals surface area contributed by atoms with Gasteiger partial charge in [-0.3, -0.25) is 4.79 Å². The van der Waals surface area contributed by atoms with Gasteiger partial charge in [0.25, 0.3) is 10.0 Å². The van der Waals surface area contributed by atoms with Crippen molar-refractivity contribution in [3.8, 4) is 0 Å². The van der Waals surface area contributed by atoms with Gasteiger partial charge < -0.3 is 9.84 Å². The van der Waals surface area contributed by atoms with Crippen molar-refractivity contribution >= 4 is 22.1 Å². The lowest BCUT2D eigenvalue weighted by Crippen LogP contribution is -2.38. The summed E-state index contributed by atoms with van der Waals surface area (Å²) in [5, 5.41) is 8.85. The lowest BCUT2D eigenvalue weighted by atomic mass is 10.2. The molecule has 0 bridgehead atoms. The third-order valence-electron chi connectivity index (χ3n) is 3.55. The standard InChI is InChI=1S/C18H19NO6S/c1-14-7-9-16(10-8-14)26(23,24)19(12-11-17(20)21)18(22)25-13-15-5-3-2-4-6-15/h2-10H,11-13H2,1H3,(H,20,21). The minimum atomic E-state index is -4.22. The fourth-order valence-corrected chi connectivity index (χ4v) is 3.45. The van der Waals surface area contributed by atoms with Crippen LogP contribution in [0.1, 0.15) is 17.5 Å². The predicted molar refractivity (Wildman–Crippen MR) is 94.0 cm³/mol. The van der Waals surface area contributed by atoms with Crippen LogP contribution in [0.15, 0.2) is 59.5 Å². The molecular weight excluding hydrogens is 358 g/mol. The first-order chi connectivity index (χ1) is 12.3. The maximum atomic E-state index is 12.7. The highest BCUT2D eigenvalue weighted by Crippen LogP contribution is 2.18. The molecule has 0 aromatic heterocycles. The molecular formula is C18H19NO6S. The van der Waals surface area contributed by atoms with Crippen molar-refractivity contribution in [2.75, 3.05) is 6.54 Å². The van der Waals surface area contributed by atoms with Crippen LogP contribution >= 0.6 is 0 Å². The largest absolute Gasteiger partial charge is 0.481 e. The number of nitrogens with zero attached hydrogens (tertiary/aromatic N) is 1. The second-order valence-corrected chi connectivity index (χ2v) is 7.44. The number of carboxylic acids is 1. The van der Waals surface area contributed by atoms with E-state index in [9.17, 15) is 18.0 Å². The molecule has 8 heteroatoms. The number of aryl methyl sites for hydroxylation is 1. The van der Waals surface area contributed by atoms with Crippen LogP contribution < -0.4 is 0 Å². The van der Waals surface area contributed by atoms with E-state index in [1.807, 2.05) is 0 Å². The summed E-state index contributed by atoms with van der Waals surface area (Å²) in [4.78, 5) is 23.1. The highest BCUT2D eigenvalue weighted by atomic mass is 32.2. The number of benzene rings is 2. The highest BCUT2D eigenvalue weighted by Gasteiger charge is 2.31. The molecule has 1 N–H and O–H groups in total. The summed E-state index contributed by atoms with van der Waals surface area (Å²) in [6, 6.07) is 14.7. The van der Waals surface area contributed by atoms with E-state index in [1.165, 1.54) is 12.1 Å². The van der Waals surface area contributed by atoms with Gasteiger partial charge in [-0.05, 0) is 24.6 Å². The number of hydrogen-bond donors (Lipinski definition) is 1. The molecule has 0 atom stereocenters. The summed E-state index contributed by atoms with van der Waals surface area (Å²) >= 11 is 0. The number of amides is 1. The first-order valence-electron chi connectivity index (χ1n) is 7.82. The number of rotatable bonds is 7. The molecule has 2 aromatic rings. The van der Waals surface area contributed by atoms with Crippen molar-refractivity contribution in [3.63, 3.8) is 0 Å². The first kappa shape index (κ1) is 19.5. The van der Waals surface area contributed by atoms with E-state index in [0.717, 1.165) is 5.56 Å². The van der Waals surface area contributed by atoms with Gasteiger partial charge in [-0.1, -0.05) is 48.0 Å². The van der Waals surface area contributed by atoms with E-state index in [4.69, 9.17) is 9.84 Å². The molecule has 0 radical (unpaired) electrons. The Kier molecular flexibility index (Phi) is 6.35. The number of carbonyl (C=O) groups is 2. The third kappa shape index (κ3) is 5.06. The quantitative estimate of drug-likeness (QED) is 0.796. The number of carbonyl (C=O) groups excluding carboxylic acids is 1. The minimum absolute atomic E-state index is 0.106. The molecule has 0 aliphatic carbocycles. The number of carboxylic acid groups (broad SMARTS) is 1. The van der Waals surface area contributed by atoms with Gasteiger partial charge in [0.1, 0.15) is 6.61 Å². The van der Waals surface area contributed by atoms with Crippen LogP contribution in [0.4, 0.5) is 4.79 Å². The normalized spacial score (nSPS) is 11.0. The number of sulfonamides is 1. The molecule has 0 fully saturated rings. The molecule has 0 saturated heterocycles. The number of hydrogen-bond acceptors (Lipinski definition) is 5. The maximum absolute atomic E-state index is 12.7. The van der Waals surface area contributed by atoms with E-state index >= 15 is 0 Å². The van der Waals surface area contributed by atoms with Crippen molar-refractivity contribution in [2.24, 2.45) is 0 Å². The Hall–Kier alpha value is -2.87. The zero-order valence-electron chi connectivity index (χ0n) is 14.2. The first-order valence-corrected chi connectivity index (χ1v) is 9.26. The molecule has 0 saturated carbocycles. The molecule has 0 aliphatic heterocycles. The topological polar surface area (TPSA) is 101 Å². The summed E-state index contributed by atoms with van der Waals surface area (Å²) in [5.74, 6) is -1.22. The Morgan fingerprint density at radius 2 is 1.65 bits per heavy atom. The lowest BCUT2D eigenvalue weighted by Gasteiger charge is -2.21. The monoisotopic (exact) mass is 377 g/mol. The van der Waals surface area contributed by atoms with Crippen LogP contribution in [0.3, 0.4) is 0 Å². The van der Waals surface area contributed by atoms with Gasteiger partial charge in [0.2, 0.25) is 0 Å². The van der Waals surface area contributed by atoms with Crippen molar-refractivity contribution in [3.05, 3.63) is 65.7 Å². The molecule has 0 heterocycles. The summed E-state index contributed by atoms with van der Waals surface area (Å²) in [7, 11) is -4.22. The van der Waals surface area contributed by atoms with E-state index in [2.05, 4.69) is 0 Å². The van der Waals surface area contributed by atoms with E-state index in [1.54, 1.807) is 49.4 Å². The molecule has 0 unspecified atom stereocenters. The SMILES string of the molecule is Cc1ccc(S(=O)(=O)N(CCC(=O)O)C(=O)OCc2ccccc2)cc1. The second-order valence-electron chi connectivity index (χ2n) is 5.57. The lowest BCUT2D eigenvalue weighted by molar-refractivity contribution is -0.137. The average molecular weight is 377 g/mol. The molecule has 2 aromatic carbocycles. The molecule has 2 rings (SSSR count). The Bertz CT molecular complexity index is 862. The second kappa shape index (κ2) is 8.48. The van der Waals surface area contributed by atoms with E-state index < -0.39 is 35.1 Å². The van der Waals surface area contributed by atoms with E-state index in [0.29, 0.717) is 9.87 Å². The molecule has 7 nitrogen and oxygen atoms in total. The van der Waals surface area contributed by atoms with Crippen LogP contribution in [-0.4, -0.2) is 36.4 Å². The molecule has 1 amide bonds. The zero-order chi connectivity index (χ0) is 19.2. The van der Waals surface area contributed by atoms with Gasteiger partial charge in [-0.25, -0.2) is 13.2 Å². The number of ether oxygens (including phenoxy) is 1. The Labute approximate surface area is 151 Å². The average Bonchev–Trinajstić information content (AvgIpc) is 2.61. The van der Waals surface area contributed by atoms with Gasteiger partial charge in [-0.2, -0.15) is 4.31 Å². The number of aliphatic carboxylic acids is 1. The molecule has 26 heavy (non-hydrogen) atoms. The van der Waals surface area contributed by atoms with Gasteiger partial charge in [0.05, 0.1) is 17.9 Å². The zero-order valence-corrected chi connectivity index (χ0v) is 15.0.